The third-order valence-electron chi connectivity index (χ3n) is 3.94. The number of aliphatic hydroxyl groups is 1. The van der Waals surface area contributed by atoms with Crippen molar-refractivity contribution in [2.75, 3.05) is 6.61 Å². The van der Waals surface area contributed by atoms with Crippen molar-refractivity contribution in [3.8, 4) is 0 Å². The number of nitrogens with one attached hydrogen (secondary N) is 1. The van der Waals surface area contributed by atoms with Crippen molar-refractivity contribution in [3.63, 3.8) is 0 Å². The highest BCUT2D eigenvalue weighted by Gasteiger charge is 2.36. The van der Waals surface area contributed by atoms with Gasteiger partial charge in [0, 0.05) is 18.6 Å². The lowest BCUT2D eigenvalue weighted by Crippen LogP contribution is -2.34. The van der Waals surface area contributed by atoms with Crippen molar-refractivity contribution in [1.82, 2.24) is 5.32 Å². The lowest BCUT2D eigenvalue weighted by molar-refractivity contribution is 0.241. The highest BCUT2D eigenvalue weighted by molar-refractivity contribution is 5.17. The average Bonchev–Trinajstić information content (AvgIpc) is 2.89. The van der Waals surface area contributed by atoms with Gasteiger partial charge in [0.2, 0.25) is 0 Å². The molecule has 1 aromatic heterocycles. The summed E-state index contributed by atoms with van der Waals surface area (Å²) in [7, 11) is 0. The Morgan fingerprint density at radius 2 is 2.17 bits per heavy atom. The first-order valence-corrected chi connectivity index (χ1v) is 7.04. The Balaban J connectivity index is 1.83. The van der Waals surface area contributed by atoms with Crippen molar-refractivity contribution in [2.45, 2.75) is 52.1 Å². The van der Waals surface area contributed by atoms with Crippen LogP contribution in [0, 0.1) is 11.8 Å². The Hall–Kier alpha value is -0.800. The Labute approximate surface area is 110 Å². The number of furan rings is 1. The minimum Gasteiger partial charge on any atom is -0.464 e. The molecule has 1 saturated carbocycles. The van der Waals surface area contributed by atoms with Crippen LogP contribution in [0.3, 0.4) is 0 Å². The van der Waals surface area contributed by atoms with Crippen molar-refractivity contribution in [1.29, 1.82) is 0 Å². The molecule has 102 valence electrons. The van der Waals surface area contributed by atoms with Gasteiger partial charge in [0.25, 0.3) is 0 Å². The monoisotopic (exact) mass is 251 g/mol. The molecule has 0 spiro atoms. The van der Waals surface area contributed by atoms with E-state index in [0.29, 0.717) is 17.9 Å². The van der Waals surface area contributed by atoms with Crippen molar-refractivity contribution in [3.05, 3.63) is 23.7 Å². The zero-order chi connectivity index (χ0) is 13.1. The summed E-state index contributed by atoms with van der Waals surface area (Å²) in [5.74, 6) is 4.11. The zero-order valence-electron chi connectivity index (χ0n) is 11.6. The molecule has 0 radical (unpaired) electrons. The molecule has 3 heteroatoms. The van der Waals surface area contributed by atoms with Crippen LogP contribution >= 0.6 is 0 Å². The maximum atomic E-state index is 9.03. The molecule has 0 bridgehead atoms. The van der Waals surface area contributed by atoms with Crippen LogP contribution in [0.2, 0.25) is 0 Å². The predicted molar refractivity (Wildman–Crippen MR) is 72.4 cm³/mol. The van der Waals surface area contributed by atoms with E-state index in [-0.39, 0.29) is 6.61 Å². The Morgan fingerprint density at radius 3 is 2.72 bits per heavy atom. The smallest absolute Gasteiger partial charge is 0.117 e. The van der Waals surface area contributed by atoms with Gasteiger partial charge in [0.15, 0.2) is 0 Å². The van der Waals surface area contributed by atoms with Gasteiger partial charge in [-0.05, 0) is 36.8 Å². The largest absolute Gasteiger partial charge is 0.464 e. The fraction of sp³-hybridized carbons (Fsp3) is 0.733. The molecule has 1 heterocycles. The molecule has 1 aliphatic rings. The van der Waals surface area contributed by atoms with Crippen molar-refractivity contribution < 1.29 is 9.52 Å². The van der Waals surface area contributed by atoms with Crippen LogP contribution in [-0.2, 0) is 6.54 Å². The Morgan fingerprint density at radius 1 is 1.44 bits per heavy atom. The highest BCUT2D eigenvalue weighted by atomic mass is 16.3. The van der Waals surface area contributed by atoms with E-state index in [9.17, 15) is 0 Å². The third kappa shape index (κ3) is 3.36. The first-order chi connectivity index (χ1) is 8.61. The van der Waals surface area contributed by atoms with E-state index < -0.39 is 0 Å². The van der Waals surface area contributed by atoms with Crippen LogP contribution in [0.4, 0.5) is 0 Å². The van der Waals surface area contributed by atoms with Gasteiger partial charge in [-0.25, -0.2) is 0 Å². The first-order valence-electron chi connectivity index (χ1n) is 7.04. The van der Waals surface area contributed by atoms with E-state index >= 15 is 0 Å². The van der Waals surface area contributed by atoms with Crippen LogP contribution in [0.25, 0.3) is 0 Å². The summed E-state index contributed by atoms with van der Waals surface area (Å²) < 4.78 is 5.86. The summed E-state index contributed by atoms with van der Waals surface area (Å²) >= 11 is 0. The number of hydrogen-bond acceptors (Lipinski definition) is 3. The van der Waals surface area contributed by atoms with Crippen LogP contribution < -0.4 is 5.32 Å². The van der Waals surface area contributed by atoms with E-state index in [2.05, 4.69) is 38.2 Å². The molecule has 3 atom stereocenters. The average molecular weight is 251 g/mol. The van der Waals surface area contributed by atoms with Crippen LogP contribution in [0.5, 0.6) is 0 Å². The zero-order valence-corrected chi connectivity index (χ0v) is 11.6. The van der Waals surface area contributed by atoms with E-state index in [4.69, 9.17) is 9.52 Å². The van der Waals surface area contributed by atoms with Gasteiger partial charge in [0.05, 0.1) is 6.54 Å². The second-order valence-electron chi connectivity index (χ2n) is 5.87. The molecule has 0 saturated heterocycles. The van der Waals surface area contributed by atoms with E-state index in [1.54, 1.807) is 0 Å². The minimum absolute atomic E-state index is 0.235. The summed E-state index contributed by atoms with van der Waals surface area (Å²) in [6.07, 6.45) is 2.06. The van der Waals surface area contributed by atoms with Crippen molar-refractivity contribution >= 4 is 0 Å². The second-order valence-corrected chi connectivity index (χ2v) is 5.87. The molecular formula is C15H25NO2. The number of hydrogen-bond donors (Lipinski definition) is 2. The molecule has 2 N–H and O–H groups in total. The molecule has 3 unspecified atom stereocenters. The molecule has 1 aliphatic carbocycles. The predicted octanol–water partition coefficient (Wildman–Crippen LogP) is 2.90. The van der Waals surface area contributed by atoms with Crippen LogP contribution in [0.1, 0.15) is 51.1 Å². The van der Waals surface area contributed by atoms with Crippen LogP contribution in [0.15, 0.2) is 16.5 Å². The summed E-state index contributed by atoms with van der Waals surface area (Å²) in [4.78, 5) is 0. The number of aliphatic hydroxyl groups excluding tert-OH is 1. The quantitative estimate of drug-likeness (QED) is 0.783. The van der Waals surface area contributed by atoms with E-state index in [0.717, 1.165) is 30.4 Å². The fourth-order valence-electron chi connectivity index (χ4n) is 2.45. The SMILES string of the molecule is CC(C)C(CCO)NCc1ccc(C2CC2C)o1. The standard InChI is InChI=1S/C15H25NO2/c1-10(2)14(6-7-17)16-9-12-4-5-15(18-12)13-8-11(13)3/h4-5,10-11,13-14,16-17H,6-9H2,1-3H3. The topological polar surface area (TPSA) is 45.4 Å². The van der Waals surface area contributed by atoms with Gasteiger partial charge in [-0.2, -0.15) is 0 Å². The van der Waals surface area contributed by atoms with E-state index in [1.165, 1.54) is 6.42 Å². The minimum atomic E-state index is 0.235. The molecule has 1 fully saturated rings. The first kappa shape index (κ1) is 13.6. The maximum absolute atomic E-state index is 9.03. The second kappa shape index (κ2) is 5.89. The maximum Gasteiger partial charge on any atom is 0.117 e. The van der Waals surface area contributed by atoms with E-state index in [1.807, 2.05) is 0 Å². The molecule has 1 aromatic rings. The van der Waals surface area contributed by atoms with Gasteiger partial charge in [-0.1, -0.05) is 20.8 Å². The Bertz CT molecular complexity index is 372. The van der Waals surface area contributed by atoms with Gasteiger partial charge >= 0.3 is 0 Å². The molecule has 0 amide bonds. The Kier molecular flexibility index (Phi) is 4.46. The molecule has 0 aliphatic heterocycles. The number of rotatable bonds is 7. The summed E-state index contributed by atoms with van der Waals surface area (Å²) in [5, 5.41) is 12.5. The molecule has 0 aromatic carbocycles. The highest BCUT2D eigenvalue weighted by Crippen LogP contribution is 2.47. The van der Waals surface area contributed by atoms with Crippen LogP contribution in [-0.4, -0.2) is 17.8 Å². The fourth-order valence-corrected chi connectivity index (χ4v) is 2.45. The molecule has 2 rings (SSSR count). The summed E-state index contributed by atoms with van der Waals surface area (Å²) in [6.45, 7) is 7.60. The van der Waals surface area contributed by atoms with Gasteiger partial charge in [-0.15, -0.1) is 0 Å². The van der Waals surface area contributed by atoms with Gasteiger partial charge < -0.3 is 14.8 Å². The molecular weight excluding hydrogens is 226 g/mol. The summed E-state index contributed by atoms with van der Waals surface area (Å²) in [5.41, 5.74) is 0. The summed E-state index contributed by atoms with van der Waals surface area (Å²) in [6, 6.07) is 4.54. The lowest BCUT2D eigenvalue weighted by atomic mass is 10.0. The normalized spacial score (nSPS) is 24.5. The molecule has 3 nitrogen and oxygen atoms in total. The lowest BCUT2D eigenvalue weighted by Gasteiger charge is -2.20. The van der Waals surface area contributed by atoms with Gasteiger partial charge in [-0.3, -0.25) is 0 Å². The van der Waals surface area contributed by atoms with Crippen molar-refractivity contribution in [2.24, 2.45) is 11.8 Å². The third-order valence-corrected chi connectivity index (χ3v) is 3.94. The van der Waals surface area contributed by atoms with Gasteiger partial charge in [0.1, 0.15) is 11.5 Å². The molecule has 18 heavy (non-hydrogen) atoms.